The van der Waals surface area contributed by atoms with Crippen LogP contribution in [0.1, 0.15) is 67.7 Å². The van der Waals surface area contributed by atoms with Gasteiger partial charge in [-0.25, -0.2) is 4.98 Å². The van der Waals surface area contributed by atoms with Crippen LogP contribution in [0.2, 0.25) is 0 Å². The molecule has 170 valence electrons. The molecule has 4 rings (SSSR count). The first kappa shape index (κ1) is 22.7. The Morgan fingerprint density at radius 3 is 2.69 bits per heavy atom. The van der Waals surface area contributed by atoms with Crippen LogP contribution in [-0.4, -0.2) is 27.0 Å². The largest absolute Gasteiger partial charge is 0.352 e. The number of hydrogen-bond donors (Lipinski definition) is 1. The van der Waals surface area contributed by atoms with Gasteiger partial charge in [0.2, 0.25) is 0 Å². The van der Waals surface area contributed by atoms with E-state index in [1.807, 2.05) is 25.3 Å². The summed E-state index contributed by atoms with van der Waals surface area (Å²) in [6, 6.07) is 6.13. The van der Waals surface area contributed by atoms with Crippen LogP contribution in [0.5, 0.6) is 0 Å². The van der Waals surface area contributed by atoms with Gasteiger partial charge in [-0.3, -0.25) is 9.78 Å². The van der Waals surface area contributed by atoms with Crippen LogP contribution in [0.15, 0.2) is 29.8 Å². The highest BCUT2D eigenvalue weighted by molar-refractivity contribution is 7.13. The lowest BCUT2D eigenvalue weighted by Crippen LogP contribution is -2.27. The average Bonchev–Trinajstić information content (AvgIpc) is 3.39. The van der Waals surface area contributed by atoms with E-state index < -0.39 is 0 Å². The summed E-state index contributed by atoms with van der Waals surface area (Å²) in [6.07, 6.45) is 8.38. The van der Waals surface area contributed by atoms with E-state index in [-0.39, 0.29) is 5.91 Å². The third kappa shape index (κ3) is 5.12. The summed E-state index contributed by atoms with van der Waals surface area (Å²) in [5.41, 5.74) is 5.82. The minimum Gasteiger partial charge on any atom is -0.352 e. The number of rotatable bonds is 7. The SMILES string of the molecule is Cc1ccc(-c2nc(-c3cc(C(=O)NCC(C)C)c(C)n3CC3CCCCC3)cs2)cn1. The Hall–Kier alpha value is -2.47. The monoisotopic (exact) mass is 450 g/mol. The van der Waals surface area contributed by atoms with Crippen LogP contribution < -0.4 is 5.32 Å². The molecule has 1 aliphatic carbocycles. The molecule has 5 nitrogen and oxygen atoms in total. The maximum absolute atomic E-state index is 13.0. The van der Waals surface area contributed by atoms with E-state index in [4.69, 9.17) is 4.98 Å². The van der Waals surface area contributed by atoms with Crippen molar-refractivity contribution in [2.24, 2.45) is 11.8 Å². The molecule has 3 aromatic heterocycles. The molecule has 1 saturated carbocycles. The molecule has 0 aromatic carbocycles. The Labute approximate surface area is 195 Å². The number of aryl methyl sites for hydroxylation is 1. The molecule has 1 N–H and O–H groups in total. The minimum atomic E-state index is 0.0121. The minimum absolute atomic E-state index is 0.0121. The zero-order valence-electron chi connectivity index (χ0n) is 19.6. The first-order chi connectivity index (χ1) is 15.4. The first-order valence-corrected chi connectivity index (χ1v) is 12.7. The molecular weight excluding hydrogens is 416 g/mol. The molecular formula is C26H34N4OS. The second-order valence-corrected chi connectivity index (χ2v) is 10.3. The van der Waals surface area contributed by atoms with Gasteiger partial charge in [0.1, 0.15) is 5.01 Å². The van der Waals surface area contributed by atoms with Gasteiger partial charge >= 0.3 is 0 Å². The smallest absolute Gasteiger partial charge is 0.253 e. The fourth-order valence-electron chi connectivity index (χ4n) is 4.46. The van der Waals surface area contributed by atoms with Gasteiger partial charge in [0.25, 0.3) is 5.91 Å². The summed E-state index contributed by atoms with van der Waals surface area (Å²) < 4.78 is 2.34. The van der Waals surface area contributed by atoms with Crippen LogP contribution in [0.25, 0.3) is 22.0 Å². The predicted octanol–water partition coefficient (Wildman–Crippen LogP) is 6.26. The zero-order valence-corrected chi connectivity index (χ0v) is 20.5. The van der Waals surface area contributed by atoms with Crippen molar-refractivity contribution in [2.75, 3.05) is 6.54 Å². The number of carbonyl (C=O) groups is 1. The van der Waals surface area contributed by atoms with E-state index in [0.29, 0.717) is 18.4 Å². The number of nitrogens with zero attached hydrogens (tertiary/aromatic N) is 3. The Morgan fingerprint density at radius 1 is 1.22 bits per heavy atom. The molecule has 0 radical (unpaired) electrons. The van der Waals surface area contributed by atoms with Crippen molar-refractivity contribution in [3.63, 3.8) is 0 Å². The molecule has 0 aliphatic heterocycles. The summed E-state index contributed by atoms with van der Waals surface area (Å²) in [5.74, 6) is 1.10. The van der Waals surface area contributed by atoms with Gasteiger partial charge in [-0.1, -0.05) is 33.1 Å². The maximum atomic E-state index is 13.0. The number of carbonyl (C=O) groups excluding carboxylic acids is 1. The Bertz CT molecular complexity index is 1060. The molecule has 0 unspecified atom stereocenters. The van der Waals surface area contributed by atoms with Gasteiger partial charge in [-0.05, 0) is 56.7 Å². The zero-order chi connectivity index (χ0) is 22.7. The average molecular weight is 451 g/mol. The Balaban J connectivity index is 1.68. The standard InChI is InChI=1S/C26H34N4OS/c1-17(2)13-28-25(31)22-12-24(30(19(22)4)15-20-8-6-5-7-9-20)23-16-32-26(29-23)21-11-10-18(3)27-14-21/h10-12,14,16-17,20H,5-9,13,15H2,1-4H3,(H,28,31). The fourth-order valence-corrected chi connectivity index (χ4v) is 5.27. The summed E-state index contributed by atoms with van der Waals surface area (Å²) in [5, 5.41) is 6.16. The molecule has 3 heterocycles. The third-order valence-electron chi connectivity index (χ3n) is 6.37. The topological polar surface area (TPSA) is 59.8 Å². The Morgan fingerprint density at radius 2 is 2.00 bits per heavy atom. The fraction of sp³-hybridized carbons (Fsp3) is 0.500. The van der Waals surface area contributed by atoms with Crippen molar-refractivity contribution in [2.45, 2.75) is 66.3 Å². The summed E-state index contributed by atoms with van der Waals surface area (Å²) in [7, 11) is 0. The summed E-state index contributed by atoms with van der Waals surface area (Å²) >= 11 is 1.63. The predicted molar refractivity (Wildman–Crippen MR) is 132 cm³/mol. The number of aromatic nitrogens is 3. The van der Waals surface area contributed by atoms with E-state index in [1.165, 1.54) is 32.1 Å². The van der Waals surface area contributed by atoms with Crippen molar-refractivity contribution in [3.8, 4) is 22.0 Å². The quantitative estimate of drug-likeness (QED) is 0.462. The maximum Gasteiger partial charge on any atom is 0.253 e. The van der Waals surface area contributed by atoms with E-state index in [1.54, 1.807) is 11.3 Å². The van der Waals surface area contributed by atoms with Gasteiger partial charge < -0.3 is 9.88 Å². The van der Waals surface area contributed by atoms with E-state index >= 15 is 0 Å². The lowest BCUT2D eigenvalue weighted by atomic mass is 9.89. The molecule has 6 heteroatoms. The van der Waals surface area contributed by atoms with Gasteiger partial charge in [0, 0.05) is 41.6 Å². The number of nitrogens with one attached hydrogen (secondary N) is 1. The van der Waals surface area contributed by atoms with Crippen LogP contribution >= 0.6 is 11.3 Å². The first-order valence-electron chi connectivity index (χ1n) is 11.8. The number of amides is 1. The van der Waals surface area contributed by atoms with E-state index in [9.17, 15) is 4.79 Å². The normalized spacial score (nSPS) is 14.8. The number of pyridine rings is 1. The van der Waals surface area contributed by atoms with Crippen LogP contribution in [0.3, 0.4) is 0 Å². The summed E-state index contributed by atoms with van der Waals surface area (Å²) in [6.45, 7) is 9.94. The molecule has 0 saturated heterocycles. The lowest BCUT2D eigenvalue weighted by Gasteiger charge is -2.24. The van der Waals surface area contributed by atoms with E-state index in [2.05, 4.69) is 47.1 Å². The molecule has 1 aliphatic rings. The number of hydrogen-bond acceptors (Lipinski definition) is 4. The second kappa shape index (κ2) is 9.99. The molecule has 1 fully saturated rings. The third-order valence-corrected chi connectivity index (χ3v) is 7.26. The highest BCUT2D eigenvalue weighted by Crippen LogP contribution is 2.34. The molecule has 3 aromatic rings. The number of thiazole rings is 1. The molecule has 1 amide bonds. The highest BCUT2D eigenvalue weighted by Gasteiger charge is 2.23. The van der Waals surface area contributed by atoms with Gasteiger partial charge in [0.15, 0.2) is 0 Å². The molecule has 0 bridgehead atoms. The Kier molecular flexibility index (Phi) is 7.09. The van der Waals surface area contributed by atoms with Gasteiger partial charge in [0.05, 0.1) is 17.0 Å². The van der Waals surface area contributed by atoms with Crippen LogP contribution in [-0.2, 0) is 6.54 Å². The molecule has 0 atom stereocenters. The summed E-state index contributed by atoms with van der Waals surface area (Å²) in [4.78, 5) is 22.3. The van der Waals surface area contributed by atoms with Crippen molar-refractivity contribution in [1.29, 1.82) is 0 Å². The van der Waals surface area contributed by atoms with Crippen molar-refractivity contribution >= 4 is 17.2 Å². The van der Waals surface area contributed by atoms with Crippen LogP contribution in [0.4, 0.5) is 0 Å². The van der Waals surface area contributed by atoms with Crippen molar-refractivity contribution in [1.82, 2.24) is 19.9 Å². The molecule has 0 spiro atoms. The van der Waals surface area contributed by atoms with Crippen molar-refractivity contribution < 1.29 is 4.79 Å². The van der Waals surface area contributed by atoms with E-state index in [0.717, 1.165) is 45.5 Å². The van der Waals surface area contributed by atoms with Gasteiger partial charge in [-0.15, -0.1) is 11.3 Å². The second-order valence-electron chi connectivity index (χ2n) is 9.47. The molecule has 32 heavy (non-hydrogen) atoms. The lowest BCUT2D eigenvalue weighted by molar-refractivity contribution is 0.0948. The van der Waals surface area contributed by atoms with Crippen molar-refractivity contribution in [3.05, 3.63) is 46.7 Å². The van der Waals surface area contributed by atoms with Crippen LogP contribution in [0, 0.1) is 25.7 Å². The van der Waals surface area contributed by atoms with Gasteiger partial charge in [-0.2, -0.15) is 0 Å². The highest BCUT2D eigenvalue weighted by atomic mass is 32.1.